The van der Waals surface area contributed by atoms with Crippen molar-refractivity contribution < 1.29 is 0 Å². The van der Waals surface area contributed by atoms with Gasteiger partial charge in [0, 0.05) is 7.05 Å². The lowest BCUT2D eigenvalue weighted by atomic mass is 10.6. The van der Waals surface area contributed by atoms with E-state index in [9.17, 15) is 0 Å². The Balaban J connectivity index is 2.77. The molecule has 0 aromatic carbocycles. The van der Waals surface area contributed by atoms with Crippen LogP contribution in [0.1, 0.15) is 5.82 Å². The smallest absolute Gasteiger partial charge is 0.218 e. The lowest BCUT2D eigenvalue weighted by Crippen LogP contribution is -2.06. The summed E-state index contributed by atoms with van der Waals surface area (Å²) >= 11 is 0. The number of hydrogen-bond acceptors (Lipinski definition) is 4. The molecule has 0 aliphatic carbocycles. The van der Waals surface area contributed by atoms with Crippen LogP contribution in [-0.4, -0.2) is 21.8 Å². The van der Waals surface area contributed by atoms with Crippen LogP contribution in [0.5, 0.6) is 0 Å². The van der Waals surface area contributed by atoms with Gasteiger partial charge in [-0.25, -0.2) is 4.68 Å². The predicted molar refractivity (Wildman–Crippen MR) is 38.2 cm³/mol. The van der Waals surface area contributed by atoms with Crippen molar-refractivity contribution in [3.63, 3.8) is 0 Å². The van der Waals surface area contributed by atoms with Gasteiger partial charge in [-0.3, -0.25) is 0 Å². The van der Waals surface area contributed by atoms with Crippen LogP contribution in [0.3, 0.4) is 0 Å². The Morgan fingerprint density at radius 1 is 1.70 bits per heavy atom. The monoisotopic (exact) mass is 141 g/mol. The maximum atomic E-state index is 5.43. The molecule has 1 aromatic rings. The minimum absolute atomic E-state index is 0.449. The molecule has 56 valence electrons. The van der Waals surface area contributed by atoms with Gasteiger partial charge in [0.1, 0.15) is 0 Å². The van der Waals surface area contributed by atoms with Crippen molar-refractivity contribution in [2.45, 2.75) is 6.54 Å². The number of rotatable bonds is 2. The number of anilines is 1. The molecule has 0 aliphatic heterocycles. The fourth-order valence-corrected chi connectivity index (χ4v) is 0.684. The number of nitrogens with two attached hydrogens (primary N) is 1. The first-order valence-corrected chi connectivity index (χ1v) is 3.04. The maximum Gasteiger partial charge on any atom is 0.218 e. The predicted octanol–water partition coefficient (Wildman–Crippen LogP) is -0.883. The van der Waals surface area contributed by atoms with Crippen LogP contribution in [0.25, 0.3) is 0 Å². The average molecular weight is 141 g/mol. The summed E-state index contributed by atoms with van der Waals surface area (Å²) in [6.45, 7) is 0.658. The third-order valence-electron chi connectivity index (χ3n) is 1.18. The summed E-state index contributed by atoms with van der Waals surface area (Å²) in [6.07, 6.45) is 0. The molecular formula is C5H11N5. The number of aromatic nitrogens is 3. The van der Waals surface area contributed by atoms with Crippen LogP contribution in [0.4, 0.5) is 5.95 Å². The largest absolute Gasteiger partial charge is 0.368 e. The van der Waals surface area contributed by atoms with Crippen molar-refractivity contribution in [2.75, 3.05) is 12.8 Å². The highest BCUT2D eigenvalue weighted by Crippen LogP contribution is 1.95. The van der Waals surface area contributed by atoms with Crippen molar-refractivity contribution in [3.05, 3.63) is 5.82 Å². The summed E-state index contributed by atoms with van der Waals surface area (Å²) in [6, 6.07) is 0. The van der Waals surface area contributed by atoms with E-state index < -0.39 is 0 Å². The molecule has 0 aliphatic rings. The van der Waals surface area contributed by atoms with Gasteiger partial charge in [-0.15, -0.1) is 0 Å². The molecule has 0 bridgehead atoms. The molecule has 3 N–H and O–H groups in total. The van der Waals surface area contributed by atoms with Gasteiger partial charge < -0.3 is 11.1 Å². The average Bonchev–Trinajstić information content (AvgIpc) is 2.14. The van der Waals surface area contributed by atoms with Gasteiger partial charge in [-0.1, -0.05) is 0 Å². The molecule has 0 unspecified atom stereocenters. The van der Waals surface area contributed by atoms with E-state index >= 15 is 0 Å². The molecule has 0 amide bonds. The zero-order chi connectivity index (χ0) is 7.56. The third-order valence-corrected chi connectivity index (χ3v) is 1.18. The normalized spacial score (nSPS) is 10.2. The van der Waals surface area contributed by atoms with Crippen molar-refractivity contribution in [1.82, 2.24) is 20.1 Å². The minimum Gasteiger partial charge on any atom is -0.368 e. The van der Waals surface area contributed by atoms with E-state index in [-0.39, 0.29) is 0 Å². The Morgan fingerprint density at radius 3 is 2.80 bits per heavy atom. The first-order valence-electron chi connectivity index (χ1n) is 3.04. The fourth-order valence-electron chi connectivity index (χ4n) is 0.684. The first kappa shape index (κ1) is 7.01. The highest BCUT2D eigenvalue weighted by Gasteiger charge is 2.00. The molecule has 0 saturated heterocycles. The van der Waals surface area contributed by atoms with E-state index in [1.165, 1.54) is 0 Å². The van der Waals surface area contributed by atoms with Crippen LogP contribution in [0, 0.1) is 0 Å². The van der Waals surface area contributed by atoms with Gasteiger partial charge in [-0.05, 0) is 7.05 Å². The highest BCUT2D eigenvalue weighted by molar-refractivity contribution is 5.14. The molecule has 10 heavy (non-hydrogen) atoms. The number of nitrogens with zero attached hydrogens (tertiary/aromatic N) is 3. The summed E-state index contributed by atoms with van der Waals surface area (Å²) in [5, 5.41) is 6.95. The SMILES string of the molecule is CNCc1nc(N)n(C)n1. The number of nitrogen functional groups attached to an aromatic ring is 1. The second-order valence-corrected chi connectivity index (χ2v) is 2.04. The molecule has 0 atom stereocenters. The molecule has 1 rings (SSSR count). The van der Waals surface area contributed by atoms with E-state index in [4.69, 9.17) is 5.73 Å². The summed E-state index contributed by atoms with van der Waals surface area (Å²) in [5.41, 5.74) is 5.43. The second-order valence-electron chi connectivity index (χ2n) is 2.04. The zero-order valence-corrected chi connectivity index (χ0v) is 6.13. The van der Waals surface area contributed by atoms with Crippen LogP contribution in [0.2, 0.25) is 0 Å². The quantitative estimate of drug-likeness (QED) is 0.561. The van der Waals surface area contributed by atoms with Crippen molar-refractivity contribution in [1.29, 1.82) is 0 Å². The van der Waals surface area contributed by atoms with E-state index in [2.05, 4.69) is 15.4 Å². The topological polar surface area (TPSA) is 68.8 Å². The summed E-state index contributed by atoms with van der Waals surface area (Å²) in [4.78, 5) is 3.97. The van der Waals surface area contributed by atoms with Gasteiger partial charge in [0.25, 0.3) is 0 Å². The Kier molecular flexibility index (Phi) is 1.86. The zero-order valence-electron chi connectivity index (χ0n) is 6.13. The van der Waals surface area contributed by atoms with E-state index in [1.54, 1.807) is 11.7 Å². The van der Waals surface area contributed by atoms with Crippen LogP contribution in [-0.2, 0) is 13.6 Å². The Bertz CT molecular complexity index is 196. The molecule has 0 fully saturated rings. The van der Waals surface area contributed by atoms with Crippen LogP contribution >= 0.6 is 0 Å². The second kappa shape index (κ2) is 2.66. The van der Waals surface area contributed by atoms with Gasteiger partial charge in [0.05, 0.1) is 6.54 Å². The molecular weight excluding hydrogens is 130 g/mol. The molecule has 0 radical (unpaired) electrons. The molecule has 1 heterocycles. The minimum atomic E-state index is 0.449. The summed E-state index contributed by atoms with van der Waals surface area (Å²) in [7, 11) is 3.61. The van der Waals surface area contributed by atoms with E-state index in [0.29, 0.717) is 12.5 Å². The van der Waals surface area contributed by atoms with Crippen LogP contribution < -0.4 is 11.1 Å². The van der Waals surface area contributed by atoms with Crippen molar-refractivity contribution in [3.8, 4) is 0 Å². The van der Waals surface area contributed by atoms with Gasteiger partial charge in [0.2, 0.25) is 5.95 Å². The Labute approximate surface area is 59.2 Å². The Hall–Kier alpha value is -1.10. The van der Waals surface area contributed by atoms with E-state index in [0.717, 1.165) is 5.82 Å². The molecule has 5 heteroatoms. The van der Waals surface area contributed by atoms with Gasteiger partial charge >= 0.3 is 0 Å². The maximum absolute atomic E-state index is 5.43. The summed E-state index contributed by atoms with van der Waals surface area (Å²) in [5.74, 6) is 1.17. The Morgan fingerprint density at radius 2 is 2.40 bits per heavy atom. The fraction of sp³-hybridized carbons (Fsp3) is 0.600. The summed E-state index contributed by atoms with van der Waals surface area (Å²) < 4.78 is 1.55. The third kappa shape index (κ3) is 1.24. The van der Waals surface area contributed by atoms with Crippen molar-refractivity contribution >= 4 is 5.95 Å². The molecule has 1 aromatic heterocycles. The standard InChI is InChI=1S/C5H11N5/c1-7-3-4-8-5(6)10(2)9-4/h7H,3H2,1-2H3,(H2,6,8,9). The lowest BCUT2D eigenvalue weighted by Gasteiger charge is -1.88. The molecule has 5 nitrogen and oxygen atoms in total. The highest BCUT2D eigenvalue weighted by atomic mass is 15.4. The first-order chi connectivity index (χ1) is 4.74. The lowest BCUT2D eigenvalue weighted by molar-refractivity contribution is 0.712. The molecule has 0 saturated carbocycles. The van der Waals surface area contributed by atoms with Gasteiger partial charge in [0.15, 0.2) is 5.82 Å². The van der Waals surface area contributed by atoms with Crippen LogP contribution in [0.15, 0.2) is 0 Å². The number of aryl methyl sites for hydroxylation is 1. The number of hydrogen-bond donors (Lipinski definition) is 2. The van der Waals surface area contributed by atoms with E-state index in [1.807, 2.05) is 7.05 Å². The number of nitrogens with one attached hydrogen (secondary N) is 1. The molecule has 0 spiro atoms. The van der Waals surface area contributed by atoms with Gasteiger partial charge in [-0.2, -0.15) is 10.1 Å². The van der Waals surface area contributed by atoms with Crippen molar-refractivity contribution in [2.24, 2.45) is 7.05 Å².